The first-order valence-electron chi connectivity index (χ1n) is 4.94. The highest BCUT2D eigenvalue weighted by Gasteiger charge is 2.12. The Hall–Kier alpha value is -1.10. The maximum absolute atomic E-state index is 12.0. The lowest BCUT2D eigenvalue weighted by Crippen LogP contribution is -2.13. The van der Waals surface area contributed by atoms with E-state index in [1.807, 2.05) is 0 Å². The Bertz CT molecular complexity index is 604. The van der Waals surface area contributed by atoms with E-state index < -0.39 is 0 Å². The zero-order valence-corrected chi connectivity index (χ0v) is 12.1. The Morgan fingerprint density at radius 1 is 1.22 bits per heavy atom. The van der Waals surface area contributed by atoms with Crippen LogP contribution in [0.2, 0.25) is 10.0 Å². The van der Waals surface area contributed by atoms with Crippen LogP contribution in [0.5, 0.6) is 0 Å². The summed E-state index contributed by atoms with van der Waals surface area (Å²) in [6.07, 6.45) is 2.94. The molecule has 2 rings (SSSR count). The standard InChI is InChI=1S/C12H7BrCl2N2O/c13-11-9(15)2-1-3-10(11)17-12(18)7-6-16-5-4-8(7)14/h1-6H,(H,17,18). The molecule has 0 fully saturated rings. The third-order valence-corrected chi connectivity index (χ3v) is 3.94. The average molecular weight is 346 g/mol. The molecule has 18 heavy (non-hydrogen) atoms. The van der Waals surface area contributed by atoms with Gasteiger partial charge in [-0.15, -0.1) is 0 Å². The number of amides is 1. The number of benzene rings is 1. The number of hydrogen-bond donors (Lipinski definition) is 1. The fraction of sp³-hybridized carbons (Fsp3) is 0. The van der Waals surface area contributed by atoms with Gasteiger partial charge in [0.15, 0.2) is 0 Å². The maximum atomic E-state index is 12.0. The third kappa shape index (κ3) is 2.83. The van der Waals surface area contributed by atoms with Crippen LogP contribution in [0.3, 0.4) is 0 Å². The summed E-state index contributed by atoms with van der Waals surface area (Å²) in [6, 6.07) is 6.76. The molecule has 0 saturated heterocycles. The van der Waals surface area contributed by atoms with Crippen LogP contribution in [0.4, 0.5) is 5.69 Å². The van der Waals surface area contributed by atoms with Gasteiger partial charge in [-0.1, -0.05) is 29.3 Å². The molecule has 0 aliphatic rings. The van der Waals surface area contributed by atoms with Crippen LogP contribution in [0.25, 0.3) is 0 Å². The predicted octanol–water partition coefficient (Wildman–Crippen LogP) is 4.40. The molecule has 1 amide bonds. The zero-order valence-electron chi connectivity index (χ0n) is 8.95. The van der Waals surface area contributed by atoms with E-state index in [0.717, 1.165) is 0 Å². The molecular formula is C12H7BrCl2N2O. The number of rotatable bonds is 2. The quantitative estimate of drug-likeness (QED) is 0.876. The van der Waals surface area contributed by atoms with Gasteiger partial charge in [0, 0.05) is 12.4 Å². The number of nitrogens with one attached hydrogen (secondary N) is 1. The maximum Gasteiger partial charge on any atom is 0.258 e. The Balaban J connectivity index is 2.27. The van der Waals surface area contributed by atoms with E-state index in [0.29, 0.717) is 25.8 Å². The normalized spacial score (nSPS) is 10.2. The highest BCUT2D eigenvalue weighted by atomic mass is 79.9. The highest BCUT2D eigenvalue weighted by molar-refractivity contribution is 9.10. The summed E-state index contributed by atoms with van der Waals surface area (Å²) in [5, 5.41) is 3.58. The molecule has 1 N–H and O–H groups in total. The van der Waals surface area contributed by atoms with Crippen molar-refractivity contribution >= 4 is 50.7 Å². The first-order valence-corrected chi connectivity index (χ1v) is 6.49. The Labute approximate surface area is 122 Å². The van der Waals surface area contributed by atoms with E-state index in [1.165, 1.54) is 12.4 Å². The number of aromatic nitrogens is 1. The van der Waals surface area contributed by atoms with Crippen molar-refractivity contribution in [2.24, 2.45) is 0 Å². The minimum absolute atomic E-state index is 0.311. The summed E-state index contributed by atoms with van der Waals surface area (Å²) in [4.78, 5) is 15.9. The van der Waals surface area contributed by atoms with E-state index in [9.17, 15) is 4.79 Å². The molecule has 0 unspecified atom stereocenters. The van der Waals surface area contributed by atoms with Gasteiger partial charge in [0.25, 0.3) is 5.91 Å². The van der Waals surface area contributed by atoms with E-state index in [1.54, 1.807) is 24.3 Å². The van der Waals surface area contributed by atoms with Crippen molar-refractivity contribution in [2.45, 2.75) is 0 Å². The van der Waals surface area contributed by atoms with Gasteiger partial charge in [0.2, 0.25) is 0 Å². The van der Waals surface area contributed by atoms with Crippen molar-refractivity contribution < 1.29 is 4.79 Å². The fourth-order valence-electron chi connectivity index (χ4n) is 1.33. The van der Waals surface area contributed by atoms with Crippen molar-refractivity contribution in [1.29, 1.82) is 0 Å². The lowest BCUT2D eigenvalue weighted by atomic mass is 10.2. The van der Waals surface area contributed by atoms with E-state index in [2.05, 4.69) is 26.2 Å². The fourth-order valence-corrected chi connectivity index (χ4v) is 2.06. The Morgan fingerprint density at radius 3 is 2.72 bits per heavy atom. The predicted molar refractivity (Wildman–Crippen MR) is 76.4 cm³/mol. The number of pyridine rings is 1. The summed E-state index contributed by atoms with van der Waals surface area (Å²) in [5.74, 6) is -0.337. The first-order chi connectivity index (χ1) is 8.59. The van der Waals surface area contributed by atoms with Crippen molar-refractivity contribution in [3.63, 3.8) is 0 Å². The molecule has 0 spiro atoms. The number of anilines is 1. The SMILES string of the molecule is O=C(Nc1cccc(Cl)c1Br)c1cnccc1Cl. The smallest absolute Gasteiger partial charge is 0.258 e. The van der Waals surface area contributed by atoms with Gasteiger partial charge in [-0.25, -0.2) is 0 Å². The van der Waals surface area contributed by atoms with Gasteiger partial charge in [0.05, 0.1) is 25.8 Å². The molecule has 92 valence electrons. The lowest BCUT2D eigenvalue weighted by molar-refractivity contribution is 0.102. The van der Waals surface area contributed by atoms with Crippen molar-refractivity contribution in [2.75, 3.05) is 5.32 Å². The van der Waals surface area contributed by atoms with E-state index in [4.69, 9.17) is 23.2 Å². The molecule has 6 heteroatoms. The van der Waals surface area contributed by atoms with Crippen LogP contribution < -0.4 is 5.32 Å². The summed E-state index contributed by atoms with van der Waals surface area (Å²) in [7, 11) is 0. The number of halogens is 3. The molecular weight excluding hydrogens is 339 g/mol. The molecule has 0 atom stereocenters. The zero-order chi connectivity index (χ0) is 13.1. The first kappa shape index (κ1) is 13.3. The molecule has 0 saturated carbocycles. The molecule has 1 aromatic carbocycles. The van der Waals surface area contributed by atoms with Crippen molar-refractivity contribution in [3.8, 4) is 0 Å². The molecule has 0 radical (unpaired) electrons. The lowest BCUT2D eigenvalue weighted by Gasteiger charge is -2.08. The van der Waals surface area contributed by atoms with Crippen molar-refractivity contribution in [3.05, 3.63) is 56.7 Å². The third-order valence-electron chi connectivity index (χ3n) is 2.21. The van der Waals surface area contributed by atoms with Crippen molar-refractivity contribution in [1.82, 2.24) is 4.98 Å². The highest BCUT2D eigenvalue weighted by Crippen LogP contribution is 2.30. The minimum atomic E-state index is -0.337. The number of nitrogens with zero attached hydrogens (tertiary/aromatic N) is 1. The minimum Gasteiger partial charge on any atom is -0.321 e. The topological polar surface area (TPSA) is 42.0 Å². The molecule has 3 nitrogen and oxygen atoms in total. The van der Waals surface area contributed by atoms with Crippen LogP contribution in [-0.4, -0.2) is 10.9 Å². The van der Waals surface area contributed by atoms with Gasteiger partial charge < -0.3 is 5.32 Å². The van der Waals surface area contributed by atoms with Crippen LogP contribution in [0.15, 0.2) is 41.1 Å². The molecule has 1 heterocycles. The second-order valence-electron chi connectivity index (χ2n) is 3.41. The second kappa shape index (κ2) is 5.69. The monoisotopic (exact) mass is 344 g/mol. The van der Waals surface area contributed by atoms with E-state index >= 15 is 0 Å². The molecule has 2 aromatic rings. The Kier molecular flexibility index (Phi) is 4.22. The number of carbonyl (C=O) groups excluding carboxylic acids is 1. The summed E-state index contributed by atoms with van der Waals surface area (Å²) in [5.41, 5.74) is 0.887. The number of carbonyl (C=O) groups is 1. The largest absolute Gasteiger partial charge is 0.321 e. The van der Waals surface area contributed by atoms with Crippen LogP contribution in [-0.2, 0) is 0 Å². The summed E-state index contributed by atoms with van der Waals surface area (Å²) >= 11 is 15.2. The molecule has 0 bridgehead atoms. The Morgan fingerprint density at radius 2 is 2.00 bits per heavy atom. The summed E-state index contributed by atoms with van der Waals surface area (Å²) < 4.78 is 0.625. The van der Waals surface area contributed by atoms with E-state index in [-0.39, 0.29) is 5.91 Å². The van der Waals surface area contributed by atoms with Gasteiger partial charge in [-0.05, 0) is 34.1 Å². The van der Waals surface area contributed by atoms with Crippen LogP contribution in [0.1, 0.15) is 10.4 Å². The van der Waals surface area contributed by atoms with Crippen LogP contribution in [0, 0.1) is 0 Å². The van der Waals surface area contributed by atoms with Gasteiger partial charge in [0.1, 0.15) is 0 Å². The van der Waals surface area contributed by atoms with Crippen LogP contribution >= 0.6 is 39.1 Å². The second-order valence-corrected chi connectivity index (χ2v) is 5.02. The molecule has 1 aromatic heterocycles. The molecule has 0 aliphatic carbocycles. The van der Waals surface area contributed by atoms with Gasteiger partial charge >= 0.3 is 0 Å². The van der Waals surface area contributed by atoms with Gasteiger partial charge in [-0.3, -0.25) is 9.78 Å². The molecule has 0 aliphatic heterocycles. The average Bonchev–Trinajstić information content (AvgIpc) is 2.35. The summed E-state index contributed by atoms with van der Waals surface area (Å²) in [6.45, 7) is 0. The van der Waals surface area contributed by atoms with Gasteiger partial charge in [-0.2, -0.15) is 0 Å². The number of hydrogen-bond acceptors (Lipinski definition) is 2.